The summed E-state index contributed by atoms with van der Waals surface area (Å²) in [6.07, 6.45) is 2.79. The van der Waals surface area contributed by atoms with Crippen LogP contribution >= 0.6 is 0 Å². The molecule has 1 heterocycles. The van der Waals surface area contributed by atoms with Crippen LogP contribution in [0.25, 0.3) is 10.8 Å². The second-order valence-electron chi connectivity index (χ2n) is 5.18. The molecule has 0 bridgehead atoms. The van der Waals surface area contributed by atoms with Gasteiger partial charge < -0.3 is 10.1 Å². The zero-order valence-corrected chi connectivity index (χ0v) is 12.8. The van der Waals surface area contributed by atoms with Crippen molar-refractivity contribution < 1.29 is 4.74 Å². The van der Waals surface area contributed by atoms with Gasteiger partial charge in [-0.25, -0.2) is 0 Å². The predicted octanol–water partition coefficient (Wildman–Crippen LogP) is 3.67. The normalized spacial score (nSPS) is 15.8. The Hall–Kier alpha value is -1.19. The fourth-order valence-electron chi connectivity index (χ4n) is 2.84. The molecule has 0 unspecified atom stereocenters. The summed E-state index contributed by atoms with van der Waals surface area (Å²) in [7, 11) is 2.21. The summed E-state index contributed by atoms with van der Waals surface area (Å²) < 4.78 is 5.12. The molecule has 1 saturated heterocycles. The highest BCUT2D eigenvalue weighted by atomic mass is 32.2. The Kier molecular flexibility index (Phi) is 4.48. The van der Waals surface area contributed by atoms with Gasteiger partial charge >= 0.3 is 0 Å². The van der Waals surface area contributed by atoms with Gasteiger partial charge in [0.2, 0.25) is 0 Å². The first-order valence-electron chi connectivity index (χ1n) is 7.32. The third-order valence-electron chi connectivity index (χ3n) is 3.85. The first kappa shape index (κ1) is 13.8. The van der Waals surface area contributed by atoms with Gasteiger partial charge in [0.25, 0.3) is 0 Å². The van der Waals surface area contributed by atoms with E-state index in [1.165, 1.54) is 40.8 Å². The molecule has 0 radical (unpaired) electrons. The van der Waals surface area contributed by atoms with Crippen molar-refractivity contribution in [2.75, 3.05) is 37.1 Å². The zero-order valence-electron chi connectivity index (χ0n) is 12.0. The van der Waals surface area contributed by atoms with Crippen molar-refractivity contribution in [2.45, 2.75) is 17.7 Å². The number of anilines is 1. The molecule has 1 fully saturated rings. The summed E-state index contributed by atoms with van der Waals surface area (Å²) in [5, 5.41) is 6.26. The molecule has 0 atom stereocenters. The van der Waals surface area contributed by atoms with Gasteiger partial charge in [0, 0.05) is 41.0 Å². The van der Waals surface area contributed by atoms with Crippen LogP contribution in [0.5, 0.6) is 0 Å². The lowest BCUT2D eigenvalue weighted by Gasteiger charge is -2.12. The van der Waals surface area contributed by atoms with Gasteiger partial charge in [0.05, 0.1) is 6.61 Å². The number of fused-ring (bicyclic) bond motifs is 1. The largest absolute Gasteiger partial charge is 0.383 e. The van der Waals surface area contributed by atoms with Gasteiger partial charge in [0.1, 0.15) is 11.5 Å². The van der Waals surface area contributed by atoms with Crippen molar-refractivity contribution in [1.29, 1.82) is 0 Å². The van der Waals surface area contributed by atoms with Crippen LogP contribution in [0.2, 0.25) is 0 Å². The second-order valence-corrected chi connectivity index (χ2v) is 7.43. The summed E-state index contributed by atoms with van der Waals surface area (Å²) in [5.74, 6) is 2.75. The molecule has 1 aliphatic rings. The zero-order chi connectivity index (χ0) is 13.8. The van der Waals surface area contributed by atoms with Crippen LogP contribution in [0, 0.1) is 0 Å². The van der Waals surface area contributed by atoms with Crippen LogP contribution in [0.3, 0.4) is 0 Å². The first-order valence-corrected chi connectivity index (χ1v) is 8.88. The second kappa shape index (κ2) is 6.51. The lowest BCUT2D eigenvalue weighted by Crippen LogP contribution is -2.09. The average molecular weight is 288 g/mol. The van der Waals surface area contributed by atoms with E-state index in [0.717, 1.165) is 13.2 Å². The SMILES string of the molecule is COCCNc1ccc([S+]2CCCC2)c2ccccc12. The Morgan fingerprint density at radius 1 is 1.05 bits per heavy atom. The molecule has 0 saturated carbocycles. The van der Waals surface area contributed by atoms with Gasteiger partial charge in [-0.1, -0.05) is 18.2 Å². The number of benzene rings is 2. The van der Waals surface area contributed by atoms with Crippen LogP contribution in [-0.4, -0.2) is 31.8 Å². The third-order valence-corrected chi connectivity index (χ3v) is 6.39. The van der Waals surface area contributed by atoms with Gasteiger partial charge in [-0.05, 0) is 31.0 Å². The molecule has 2 aromatic carbocycles. The lowest BCUT2D eigenvalue weighted by atomic mass is 10.1. The number of nitrogens with one attached hydrogen (secondary N) is 1. The number of ether oxygens (including phenoxy) is 1. The summed E-state index contributed by atoms with van der Waals surface area (Å²) in [5.41, 5.74) is 1.23. The summed E-state index contributed by atoms with van der Waals surface area (Å²) >= 11 is 0. The van der Waals surface area contributed by atoms with E-state index in [0.29, 0.717) is 10.9 Å². The highest BCUT2D eigenvalue weighted by Crippen LogP contribution is 2.33. The number of hydrogen-bond donors (Lipinski definition) is 1. The summed E-state index contributed by atoms with van der Waals surface area (Å²) in [4.78, 5) is 1.57. The first-order chi connectivity index (χ1) is 9.90. The predicted molar refractivity (Wildman–Crippen MR) is 88.9 cm³/mol. The standard InChI is InChI=1S/C17H22NOS/c1-19-11-10-18-16-8-9-17(20-12-4-5-13-20)15-7-3-2-6-14(15)16/h2-3,6-9,18H,4-5,10-13H2,1H3/q+1. The minimum absolute atomic E-state index is 0.467. The maximum atomic E-state index is 5.12. The minimum atomic E-state index is 0.467. The van der Waals surface area contributed by atoms with Crippen molar-refractivity contribution in [1.82, 2.24) is 0 Å². The molecule has 0 spiro atoms. The molecule has 3 rings (SSSR count). The molecule has 106 valence electrons. The van der Waals surface area contributed by atoms with E-state index in [4.69, 9.17) is 4.74 Å². The maximum Gasteiger partial charge on any atom is 0.162 e. The Balaban J connectivity index is 1.96. The highest BCUT2D eigenvalue weighted by molar-refractivity contribution is 7.97. The average Bonchev–Trinajstić information content (AvgIpc) is 3.01. The van der Waals surface area contributed by atoms with Crippen LogP contribution < -0.4 is 5.32 Å². The van der Waals surface area contributed by atoms with E-state index >= 15 is 0 Å². The highest BCUT2D eigenvalue weighted by Gasteiger charge is 2.28. The molecule has 2 aromatic rings. The third kappa shape index (κ3) is 2.79. The summed E-state index contributed by atoms with van der Waals surface area (Å²) in [6, 6.07) is 13.4. The monoisotopic (exact) mass is 288 g/mol. The van der Waals surface area contributed by atoms with Gasteiger partial charge in [-0.3, -0.25) is 0 Å². The number of methoxy groups -OCH3 is 1. The van der Waals surface area contributed by atoms with E-state index in [9.17, 15) is 0 Å². The van der Waals surface area contributed by atoms with Gasteiger partial charge in [-0.2, -0.15) is 0 Å². The van der Waals surface area contributed by atoms with Crippen LogP contribution in [0.4, 0.5) is 5.69 Å². The molecule has 0 aliphatic carbocycles. The Morgan fingerprint density at radius 3 is 2.55 bits per heavy atom. The van der Waals surface area contributed by atoms with Gasteiger partial charge in [-0.15, -0.1) is 0 Å². The molecule has 2 nitrogen and oxygen atoms in total. The van der Waals surface area contributed by atoms with Crippen molar-refractivity contribution in [3.63, 3.8) is 0 Å². The van der Waals surface area contributed by atoms with E-state index in [2.05, 4.69) is 41.7 Å². The minimum Gasteiger partial charge on any atom is -0.383 e. The van der Waals surface area contributed by atoms with Crippen molar-refractivity contribution in [2.24, 2.45) is 0 Å². The van der Waals surface area contributed by atoms with Crippen molar-refractivity contribution in [3.8, 4) is 0 Å². The fourth-order valence-corrected chi connectivity index (χ4v) is 5.34. The molecule has 1 N–H and O–H groups in total. The quantitative estimate of drug-likeness (QED) is 0.669. The van der Waals surface area contributed by atoms with Crippen LogP contribution in [-0.2, 0) is 15.6 Å². The molecule has 0 aromatic heterocycles. The lowest BCUT2D eigenvalue weighted by molar-refractivity contribution is 0.211. The topological polar surface area (TPSA) is 21.3 Å². The van der Waals surface area contributed by atoms with Crippen molar-refractivity contribution >= 4 is 27.4 Å². The van der Waals surface area contributed by atoms with E-state index in [1.54, 1.807) is 12.0 Å². The smallest absolute Gasteiger partial charge is 0.162 e. The number of hydrogen-bond acceptors (Lipinski definition) is 2. The van der Waals surface area contributed by atoms with E-state index in [1.807, 2.05) is 0 Å². The van der Waals surface area contributed by atoms with Crippen LogP contribution in [0.1, 0.15) is 12.8 Å². The van der Waals surface area contributed by atoms with E-state index < -0.39 is 0 Å². The Morgan fingerprint density at radius 2 is 1.80 bits per heavy atom. The molecule has 1 aliphatic heterocycles. The van der Waals surface area contributed by atoms with Crippen molar-refractivity contribution in [3.05, 3.63) is 36.4 Å². The maximum absolute atomic E-state index is 5.12. The molecular weight excluding hydrogens is 266 g/mol. The Bertz CT molecular complexity index is 578. The fraction of sp³-hybridized carbons (Fsp3) is 0.412. The summed E-state index contributed by atoms with van der Waals surface area (Å²) in [6.45, 7) is 1.59. The molecule has 0 amide bonds. The molecule has 20 heavy (non-hydrogen) atoms. The Labute approximate surface area is 123 Å². The van der Waals surface area contributed by atoms with E-state index in [-0.39, 0.29) is 0 Å². The van der Waals surface area contributed by atoms with Crippen LogP contribution in [0.15, 0.2) is 41.3 Å². The van der Waals surface area contributed by atoms with Gasteiger partial charge in [0.15, 0.2) is 4.90 Å². The molecular formula is C17H22NOS+. The number of rotatable bonds is 5. The molecule has 3 heteroatoms.